The molecule has 0 radical (unpaired) electrons. The van der Waals surface area contributed by atoms with Crippen LogP contribution in [0.25, 0.3) is 0 Å². The average molecular weight is 230 g/mol. The zero-order valence-electron chi connectivity index (χ0n) is 8.74. The van der Waals surface area contributed by atoms with Crippen molar-refractivity contribution < 1.29 is 9.90 Å². The van der Waals surface area contributed by atoms with Crippen molar-refractivity contribution >= 4 is 23.1 Å². The minimum absolute atomic E-state index is 0.0680. The van der Waals surface area contributed by atoms with E-state index in [-0.39, 0.29) is 23.4 Å². The smallest absolute Gasteiger partial charge is 0.227 e. The lowest BCUT2D eigenvalue weighted by atomic mass is 10.1. The molecule has 0 spiro atoms. The van der Waals surface area contributed by atoms with Gasteiger partial charge in [-0.25, -0.2) is 0 Å². The first kappa shape index (κ1) is 12.4. The van der Waals surface area contributed by atoms with Crippen LogP contribution in [0.5, 0.6) is 0 Å². The standard InChI is InChI=1S/C10H18N2O2S/c11-9(15)6-10(14)12-7-4-2-1-3-5-8(7)13/h7-8,13H,1-6H2,(H2,11,15)(H,12,14). The number of aliphatic hydroxyl groups excluding tert-OH is 1. The van der Waals surface area contributed by atoms with Crippen LogP contribution in [0.3, 0.4) is 0 Å². The Morgan fingerprint density at radius 3 is 2.73 bits per heavy atom. The maximum absolute atomic E-state index is 11.4. The number of rotatable bonds is 3. The van der Waals surface area contributed by atoms with Gasteiger partial charge in [-0.15, -0.1) is 0 Å². The molecule has 4 nitrogen and oxygen atoms in total. The lowest BCUT2D eigenvalue weighted by Crippen LogP contribution is -2.43. The molecule has 0 aromatic heterocycles. The highest BCUT2D eigenvalue weighted by Gasteiger charge is 2.22. The van der Waals surface area contributed by atoms with Crippen LogP contribution in [0.4, 0.5) is 0 Å². The lowest BCUT2D eigenvalue weighted by Gasteiger charge is -2.21. The van der Waals surface area contributed by atoms with Crippen molar-refractivity contribution in [3.05, 3.63) is 0 Å². The Labute approximate surface area is 95.2 Å². The number of thiocarbonyl (C=S) groups is 1. The molecule has 0 aromatic carbocycles. The van der Waals surface area contributed by atoms with Gasteiger partial charge in [-0.2, -0.15) is 0 Å². The van der Waals surface area contributed by atoms with Gasteiger partial charge in [0.2, 0.25) is 5.91 Å². The third-order valence-corrected chi connectivity index (χ3v) is 2.80. The van der Waals surface area contributed by atoms with Gasteiger partial charge in [-0.3, -0.25) is 4.79 Å². The van der Waals surface area contributed by atoms with E-state index in [0.29, 0.717) is 0 Å². The lowest BCUT2D eigenvalue weighted by molar-refractivity contribution is -0.121. The summed E-state index contributed by atoms with van der Waals surface area (Å²) in [5.74, 6) is -0.187. The third kappa shape index (κ3) is 4.57. The second-order valence-corrected chi connectivity index (χ2v) is 4.55. The predicted molar refractivity (Wildman–Crippen MR) is 62.4 cm³/mol. The molecule has 0 aliphatic heterocycles. The van der Waals surface area contributed by atoms with Crippen molar-refractivity contribution in [2.45, 2.75) is 50.7 Å². The van der Waals surface area contributed by atoms with E-state index in [4.69, 9.17) is 5.73 Å². The molecule has 1 saturated carbocycles. The van der Waals surface area contributed by atoms with E-state index in [2.05, 4.69) is 17.5 Å². The summed E-state index contributed by atoms with van der Waals surface area (Å²) in [5, 5.41) is 12.5. The quantitative estimate of drug-likeness (QED) is 0.487. The summed E-state index contributed by atoms with van der Waals surface area (Å²) in [5.41, 5.74) is 5.27. The minimum atomic E-state index is -0.428. The predicted octanol–water partition coefficient (Wildman–Crippen LogP) is 0.472. The van der Waals surface area contributed by atoms with Crippen LogP contribution < -0.4 is 11.1 Å². The number of amides is 1. The third-order valence-electron chi connectivity index (χ3n) is 2.66. The highest BCUT2D eigenvalue weighted by molar-refractivity contribution is 7.80. The summed E-state index contributed by atoms with van der Waals surface area (Å²) >= 11 is 4.65. The Kier molecular flexibility index (Phi) is 4.98. The van der Waals surface area contributed by atoms with Crippen molar-refractivity contribution in [2.75, 3.05) is 0 Å². The molecule has 2 unspecified atom stereocenters. The fourth-order valence-electron chi connectivity index (χ4n) is 1.87. The van der Waals surface area contributed by atoms with Gasteiger partial charge < -0.3 is 16.2 Å². The number of nitrogens with two attached hydrogens (primary N) is 1. The zero-order valence-corrected chi connectivity index (χ0v) is 9.55. The molecule has 2 atom stereocenters. The maximum Gasteiger partial charge on any atom is 0.227 e. The average Bonchev–Trinajstić information content (AvgIpc) is 2.30. The van der Waals surface area contributed by atoms with E-state index >= 15 is 0 Å². The summed E-state index contributed by atoms with van der Waals surface area (Å²) in [6.45, 7) is 0. The van der Waals surface area contributed by atoms with E-state index in [9.17, 15) is 9.90 Å². The Morgan fingerprint density at radius 1 is 1.40 bits per heavy atom. The highest BCUT2D eigenvalue weighted by Crippen LogP contribution is 2.17. The van der Waals surface area contributed by atoms with E-state index in [1.807, 2.05) is 0 Å². The molecule has 0 bridgehead atoms. The Hall–Kier alpha value is -0.680. The van der Waals surface area contributed by atoms with Gasteiger partial charge >= 0.3 is 0 Å². The van der Waals surface area contributed by atoms with Crippen LogP contribution in [0.15, 0.2) is 0 Å². The number of hydrogen-bond acceptors (Lipinski definition) is 3. The number of carbonyl (C=O) groups is 1. The fourth-order valence-corrected chi connectivity index (χ4v) is 2.00. The molecule has 0 heterocycles. The zero-order chi connectivity index (χ0) is 11.3. The first-order valence-corrected chi connectivity index (χ1v) is 5.76. The highest BCUT2D eigenvalue weighted by atomic mass is 32.1. The molecule has 1 aliphatic carbocycles. The monoisotopic (exact) mass is 230 g/mol. The fraction of sp³-hybridized carbons (Fsp3) is 0.800. The number of aliphatic hydroxyl groups is 1. The largest absolute Gasteiger partial charge is 0.393 e. The minimum Gasteiger partial charge on any atom is -0.393 e. The Balaban J connectivity index is 2.40. The summed E-state index contributed by atoms with van der Waals surface area (Å²) in [4.78, 5) is 11.6. The number of hydrogen-bond donors (Lipinski definition) is 3. The van der Waals surface area contributed by atoms with Gasteiger partial charge in [0.25, 0.3) is 0 Å². The molecule has 1 fully saturated rings. The number of nitrogens with one attached hydrogen (secondary N) is 1. The second kappa shape index (κ2) is 6.02. The van der Waals surface area contributed by atoms with Crippen molar-refractivity contribution in [1.82, 2.24) is 5.32 Å². The summed E-state index contributed by atoms with van der Waals surface area (Å²) in [6.07, 6.45) is 4.44. The van der Waals surface area contributed by atoms with Crippen molar-refractivity contribution in [2.24, 2.45) is 5.73 Å². The summed E-state index contributed by atoms with van der Waals surface area (Å²) < 4.78 is 0. The van der Waals surface area contributed by atoms with Gasteiger partial charge in [0.05, 0.1) is 23.6 Å². The molecular weight excluding hydrogens is 212 g/mol. The molecule has 15 heavy (non-hydrogen) atoms. The van der Waals surface area contributed by atoms with Crippen LogP contribution in [0.2, 0.25) is 0 Å². The summed E-state index contributed by atoms with van der Waals surface area (Å²) in [6, 6.07) is -0.130. The van der Waals surface area contributed by atoms with E-state index < -0.39 is 6.10 Å². The molecule has 1 aliphatic rings. The topological polar surface area (TPSA) is 75.4 Å². The SMILES string of the molecule is NC(=S)CC(=O)NC1CCCCCC1O. The van der Waals surface area contributed by atoms with E-state index in [0.717, 1.165) is 32.1 Å². The normalized spacial score (nSPS) is 26.7. The van der Waals surface area contributed by atoms with Gasteiger partial charge in [0.15, 0.2) is 0 Å². The van der Waals surface area contributed by atoms with Gasteiger partial charge in [0.1, 0.15) is 0 Å². The summed E-state index contributed by atoms with van der Waals surface area (Å²) in [7, 11) is 0. The van der Waals surface area contributed by atoms with Gasteiger partial charge in [-0.1, -0.05) is 31.5 Å². The molecule has 5 heteroatoms. The van der Waals surface area contributed by atoms with Crippen LogP contribution >= 0.6 is 12.2 Å². The molecule has 4 N–H and O–H groups in total. The van der Waals surface area contributed by atoms with Crippen LogP contribution in [0.1, 0.15) is 38.5 Å². The van der Waals surface area contributed by atoms with Crippen molar-refractivity contribution in [1.29, 1.82) is 0 Å². The van der Waals surface area contributed by atoms with Crippen LogP contribution in [0, 0.1) is 0 Å². The molecular formula is C10H18N2O2S. The first-order valence-electron chi connectivity index (χ1n) is 5.35. The van der Waals surface area contributed by atoms with Crippen LogP contribution in [-0.4, -0.2) is 28.1 Å². The second-order valence-electron chi connectivity index (χ2n) is 4.02. The van der Waals surface area contributed by atoms with E-state index in [1.165, 1.54) is 0 Å². The molecule has 0 saturated heterocycles. The number of carbonyl (C=O) groups excluding carboxylic acids is 1. The first-order chi connectivity index (χ1) is 7.09. The van der Waals surface area contributed by atoms with E-state index in [1.54, 1.807) is 0 Å². The van der Waals surface area contributed by atoms with Crippen molar-refractivity contribution in [3.8, 4) is 0 Å². The maximum atomic E-state index is 11.4. The molecule has 0 aromatic rings. The molecule has 1 rings (SSSR count). The molecule has 86 valence electrons. The van der Waals surface area contributed by atoms with Crippen LogP contribution in [-0.2, 0) is 4.79 Å². The van der Waals surface area contributed by atoms with Crippen molar-refractivity contribution in [3.63, 3.8) is 0 Å². The Morgan fingerprint density at radius 2 is 2.07 bits per heavy atom. The Bertz CT molecular complexity index is 246. The van der Waals surface area contributed by atoms with Gasteiger partial charge in [0, 0.05) is 0 Å². The molecule has 1 amide bonds. The van der Waals surface area contributed by atoms with Gasteiger partial charge in [-0.05, 0) is 12.8 Å².